The zero-order chi connectivity index (χ0) is 17.5. The summed E-state index contributed by atoms with van der Waals surface area (Å²) < 4.78 is 5.62. The fourth-order valence-corrected chi connectivity index (χ4v) is 2.08. The number of nitrogens with one attached hydrogen (secondary N) is 2. The van der Waals surface area contributed by atoms with Crippen molar-refractivity contribution in [1.82, 2.24) is 5.32 Å². The molecule has 126 valence electrons. The van der Waals surface area contributed by atoms with E-state index in [9.17, 15) is 9.90 Å². The molecule has 0 unspecified atom stereocenters. The quantitative estimate of drug-likeness (QED) is 0.571. The van der Waals surface area contributed by atoms with E-state index in [1.807, 2.05) is 6.07 Å². The van der Waals surface area contributed by atoms with Crippen LogP contribution >= 0.6 is 12.2 Å². The molecule has 3 N–H and O–H groups in total. The largest absolute Gasteiger partial charge is 0.508 e. The van der Waals surface area contributed by atoms with E-state index in [1.165, 1.54) is 12.1 Å². The molecule has 0 radical (unpaired) electrons. The molecule has 2 aromatic rings. The first-order chi connectivity index (χ1) is 11.4. The van der Waals surface area contributed by atoms with Crippen LogP contribution in [0, 0.1) is 5.92 Å². The topological polar surface area (TPSA) is 70.6 Å². The maximum absolute atomic E-state index is 12.3. The Kier molecular flexibility index (Phi) is 6.14. The van der Waals surface area contributed by atoms with Gasteiger partial charge in [0.25, 0.3) is 5.91 Å². The van der Waals surface area contributed by atoms with Crippen molar-refractivity contribution < 1.29 is 14.6 Å². The van der Waals surface area contributed by atoms with Crippen molar-refractivity contribution in [1.29, 1.82) is 0 Å². The lowest BCUT2D eigenvalue weighted by atomic mass is 10.2. The van der Waals surface area contributed by atoms with Crippen molar-refractivity contribution >= 4 is 28.9 Å². The summed E-state index contributed by atoms with van der Waals surface area (Å²) in [6, 6.07) is 13.3. The lowest BCUT2D eigenvalue weighted by Gasteiger charge is -2.11. The van der Waals surface area contributed by atoms with Gasteiger partial charge in [0.15, 0.2) is 5.11 Å². The lowest BCUT2D eigenvalue weighted by Crippen LogP contribution is -2.34. The van der Waals surface area contributed by atoms with Crippen LogP contribution in [0.3, 0.4) is 0 Å². The lowest BCUT2D eigenvalue weighted by molar-refractivity contribution is 0.0977. The first kappa shape index (κ1) is 17.7. The third-order valence-electron chi connectivity index (χ3n) is 3.03. The molecule has 0 aliphatic rings. The molecular weight excluding hydrogens is 324 g/mol. The number of carbonyl (C=O) groups excluding carboxylic acids is 1. The third kappa shape index (κ3) is 5.55. The molecule has 0 bridgehead atoms. The van der Waals surface area contributed by atoms with Crippen molar-refractivity contribution in [3.8, 4) is 11.5 Å². The highest BCUT2D eigenvalue weighted by atomic mass is 32.1. The van der Waals surface area contributed by atoms with Gasteiger partial charge in [-0.05, 0) is 60.6 Å². The highest BCUT2D eigenvalue weighted by molar-refractivity contribution is 7.80. The number of hydrogen-bond donors (Lipinski definition) is 3. The Balaban J connectivity index is 1.94. The average molecular weight is 344 g/mol. The minimum atomic E-state index is -0.318. The Morgan fingerprint density at radius 1 is 1.21 bits per heavy atom. The summed E-state index contributed by atoms with van der Waals surface area (Å²) in [6.45, 7) is 4.71. The number of phenols is 1. The van der Waals surface area contributed by atoms with Crippen LogP contribution in [-0.2, 0) is 0 Å². The maximum Gasteiger partial charge on any atom is 0.257 e. The molecule has 6 heteroatoms. The number of anilines is 1. The summed E-state index contributed by atoms with van der Waals surface area (Å²) in [5.74, 6) is 0.897. The second-order valence-electron chi connectivity index (χ2n) is 5.69. The van der Waals surface area contributed by atoms with E-state index in [0.717, 1.165) is 0 Å². The molecule has 0 spiro atoms. The molecule has 0 heterocycles. The van der Waals surface area contributed by atoms with E-state index in [0.29, 0.717) is 29.5 Å². The summed E-state index contributed by atoms with van der Waals surface area (Å²) in [4.78, 5) is 12.3. The molecule has 0 aliphatic heterocycles. The van der Waals surface area contributed by atoms with E-state index < -0.39 is 0 Å². The van der Waals surface area contributed by atoms with Crippen LogP contribution in [0.25, 0.3) is 0 Å². The smallest absolute Gasteiger partial charge is 0.257 e. The van der Waals surface area contributed by atoms with Gasteiger partial charge in [-0.3, -0.25) is 10.1 Å². The van der Waals surface area contributed by atoms with Crippen LogP contribution in [0.4, 0.5) is 5.69 Å². The molecule has 24 heavy (non-hydrogen) atoms. The summed E-state index contributed by atoms with van der Waals surface area (Å²) in [5.41, 5.74) is 1.14. The van der Waals surface area contributed by atoms with Crippen LogP contribution in [0.15, 0.2) is 48.5 Å². The minimum absolute atomic E-state index is 0.161. The van der Waals surface area contributed by atoms with Crippen LogP contribution in [0.2, 0.25) is 0 Å². The third-order valence-corrected chi connectivity index (χ3v) is 3.24. The summed E-state index contributed by atoms with van der Waals surface area (Å²) in [5, 5.41) is 14.9. The first-order valence-electron chi connectivity index (χ1n) is 7.58. The highest BCUT2D eigenvalue weighted by Gasteiger charge is 2.09. The molecule has 0 aliphatic carbocycles. The maximum atomic E-state index is 12.3. The zero-order valence-corrected chi connectivity index (χ0v) is 14.4. The van der Waals surface area contributed by atoms with Crippen molar-refractivity contribution in [3.05, 3.63) is 54.1 Å². The van der Waals surface area contributed by atoms with Gasteiger partial charge in [-0.1, -0.05) is 19.9 Å². The van der Waals surface area contributed by atoms with Crippen molar-refractivity contribution in [2.24, 2.45) is 5.92 Å². The molecule has 0 fully saturated rings. The minimum Gasteiger partial charge on any atom is -0.508 e. The van der Waals surface area contributed by atoms with Gasteiger partial charge in [0, 0.05) is 11.3 Å². The van der Waals surface area contributed by atoms with Gasteiger partial charge >= 0.3 is 0 Å². The molecule has 2 rings (SSSR count). The first-order valence-corrected chi connectivity index (χ1v) is 7.99. The van der Waals surface area contributed by atoms with E-state index in [1.54, 1.807) is 30.3 Å². The number of aromatic hydroxyl groups is 1. The van der Waals surface area contributed by atoms with E-state index in [2.05, 4.69) is 24.5 Å². The van der Waals surface area contributed by atoms with Crippen molar-refractivity contribution in [2.75, 3.05) is 11.9 Å². The summed E-state index contributed by atoms with van der Waals surface area (Å²) in [7, 11) is 0. The number of thiocarbonyl (C=S) groups is 1. The van der Waals surface area contributed by atoms with Crippen LogP contribution < -0.4 is 15.4 Å². The normalized spacial score (nSPS) is 10.3. The van der Waals surface area contributed by atoms with E-state index in [4.69, 9.17) is 17.0 Å². The van der Waals surface area contributed by atoms with Gasteiger partial charge in [0.05, 0.1) is 6.61 Å². The second kappa shape index (κ2) is 8.31. The van der Waals surface area contributed by atoms with Gasteiger partial charge in [-0.2, -0.15) is 0 Å². The predicted molar refractivity (Wildman–Crippen MR) is 98.6 cm³/mol. The average Bonchev–Trinajstić information content (AvgIpc) is 2.55. The molecule has 0 aromatic heterocycles. The molecule has 1 amide bonds. The number of ether oxygens (including phenoxy) is 1. The predicted octanol–water partition coefficient (Wildman–Crippen LogP) is 3.55. The Labute approximate surface area is 146 Å². The number of phenolic OH excluding ortho intramolecular Hbond substituents is 1. The zero-order valence-electron chi connectivity index (χ0n) is 13.6. The number of rotatable bonds is 5. The van der Waals surface area contributed by atoms with Gasteiger partial charge in [-0.15, -0.1) is 0 Å². The Hall–Kier alpha value is -2.60. The number of amides is 1. The van der Waals surface area contributed by atoms with Gasteiger partial charge in [0.2, 0.25) is 0 Å². The Morgan fingerprint density at radius 3 is 2.58 bits per heavy atom. The summed E-state index contributed by atoms with van der Waals surface area (Å²) >= 11 is 5.13. The van der Waals surface area contributed by atoms with Crippen LogP contribution in [-0.4, -0.2) is 22.7 Å². The highest BCUT2D eigenvalue weighted by Crippen LogP contribution is 2.15. The number of carbonyl (C=O) groups is 1. The van der Waals surface area contributed by atoms with Crippen LogP contribution in [0.5, 0.6) is 11.5 Å². The number of benzene rings is 2. The standard InChI is InChI=1S/C18H20N2O3S/c1-12(2)11-23-16-5-3-4-13(10-16)17(22)20-18(24)19-14-6-8-15(21)9-7-14/h3-10,12,21H,11H2,1-2H3,(H2,19,20,22,24). The molecule has 0 saturated carbocycles. The molecular formula is C18H20N2O3S. The van der Waals surface area contributed by atoms with E-state index >= 15 is 0 Å². The molecule has 2 aromatic carbocycles. The monoisotopic (exact) mass is 344 g/mol. The Morgan fingerprint density at radius 2 is 1.92 bits per heavy atom. The van der Waals surface area contributed by atoms with Crippen LogP contribution in [0.1, 0.15) is 24.2 Å². The second-order valence-corrected chi connectivity index (χ2v) is 6.10. The van der Waals surface area contributed by atoms with Gasteiger partial charge < -0.3 is 15.2 Å². The van der Waals surface area contributed by atoms with Crippen molar-refractivity contribution in [3.63, 3.8) is 0 Å². The fraction of sp³-hybridized carbons (Fsp3) is 0.222. The molecule has 0 atom stereocenters. The fourth-order valence-electron chi connectivity index (χ4n) is 1.87. The van der Waals surface area contributed by atoms with E-state index in [-0.39, 0.29) is 16.8 Å². The van der Waals surface area contributed by atoms with Gasteiger partial charge in [-0.25, -0.2) is 0 Å². The number of hydrogen-bond acceptors (Lipinski definition) is 4. The Bertz CT molecular complexity index is 714. The molecule has 0 saturated heterocycles. The summed E-state index contributed by atoms with van der Waals surface area (Å²) in [6.07, 6.45) is 0. The van der Waals surface area contributed by atoms with Gasteiger partial charge in [0.1, 0.15) is 11.5 Å². The SMILES string of the molecule is CC(C)COc1cccc(C(=O)NC(=S)Nc2ccc(O)cc2)c1. The molecule has 5 nitrogen and oxygen atoms in total. The van der Waals surface area contributed by atoms with Crippen molar-refractivity contribution in [2.45, 2.75) is 13.8 Å².